The van der Waals surface area contributed by atoms with Gasteiger partial charge in [0, 0.05) is 32.1 Å². The third-order valence-corrected chi connectivity index (χ3v) is 6.26. The molecule has 0 radical (unpaired) electrons. The summed E-state index contributed by atoms with van der Waals surface area (Å²) in [6.07, 6.45) is 7.60. The summed E-state index contributed by atoms with van der Waals surface area (Å²) in [7, 11) is 0. The number of likely N-dealkylation sites (tertiary alicyclic amines) is 2. The average Bonchev–Trinajstić information content (AvgIpc) is 3.35. The van der Waals surface area contributed by atoms with Crippen LogP contribution in [0, 0.1) is 11.8 Å². The molecule has 1 N–H and O–H groups in total. The first-order chi connectivity index (χ1) is 13.7. The Kier molecular flexibility index (Phi) is 7.06. The zero-order valence-electron chi connectivity index (χ0n) is 18.2. The number of carbonyl (C=O) groups is 3. The van der Waals surface area contributed by atoms with Crippen molar-refractivity contribution in [3.05, 3.63) is 0 Å². The van der Waals surface area contributed by atoms with Crippen molar-refractivity contribution in [1.82, 2.24) is 15.1 Å². The van der Waals surface area contributed by atoms with E-state index in [0.29, 0.717) is 19.5 Å². The topological polar surface area (TPSA) is 79.0 Å². The van der Waals surface area contributed by atoms with Gasteiger partial charge in [0.2, 0.25) is 11.8 Å². The Hall–Kier alpha value is -1.79. The molecule has 3 amide bonds. The summed E-state index contributed by atoms with van der Waals surface area (Å²) in [5.41, 5.74) is -0.606. The molecule has 0 aromatic rings. The van der Waals surface area contributed by atoms with Crippen LogP contribution in [0.5, 0.6) is 0 Å². The Morgan fingerprint density at radius 3 is 2.28 bits per heavy atom. The highest BCUT2D eigenvalue weighted by molar-refractivity contribution is 5.86. The van der Waals surface area contributed by atoms with Crippen LogP contribution in [0.1, 0.15) is 72.1 Å². The van der Waals surface area contributed by atoms with Crippen molar-refractivity contribution in [2.24, 2.45) is 11.8 Å². The normalized spacial score (nSPS) is 25.9. The molecular formula is C22H37N3O4. The maximum absolute atomic E-state index is 13.0. The SMILES string of the molecule is CC(C)(C)OC(=O)N1C[C@@H](CNC(=O)C2CCCCC2)C[C@H]1C(=O)N1CCCC1. The smallest absolute Gasteiger partial charge is 0.410 e. The summed E-state index contributed by atoms with van der Waals surface area (Å²) in [6.45, 7) is 7.99. The number of hydrogen-bond donors (Lipinski definition) is 1. The maximum Gasteiger partial charge on any atom is 0.410 e. The Morgan fingerprint density at radius 2 is 1.66 bits per heavy atom. The average molecular weight is 408 g/mol. The van der Waals surface area contributed by atoms with Crippen LogP contribution in [0.15, 0.2) is 0 Å². The molecule has 3 fully saturated rings. The number of ether oxygens (including phenoxy) is 1. The van der Waals surface area contributed by atoms with E-state index in [1.807, 2.05) is 25.7 Å². The van der Waals surface area contributed by atoms with E-state index < -0.39 is 17.7 Å². The Balaban J connectivity index is 1.61. The highest BCUT2D eigenvalue weighted by Gasteiger charge is 2.43. The summed E-state index contributed by atoms with van der Waals surface area (Å²) < 4.78 is 5.56. The van der Waals surface area contributed by atoms with Gasteiger partial charge in [-0.3, -0.25) is 14.5 Å². The Labute approximate surface area is 174 Å². The summed E-state index contributed by atoms with van der Waals surface area (Å²) in [5.74, 6) is 0.345. The highest BCUT2D eigenvalue weighted by atomic mass is 16.6. The van der Waals surface area contributed by atoms with Gasteiger partial charge in [-0.2, -0.15) is 0 Å². The van der Waals surface area contributed by atoms with E-state index in [1.165, 1.54) is 6.42 Å². The lowest BCUT2D eigenvalue weighted by Gasteiger charge is -2.30. The van der Waals surface area contributed by atoms with E-state index in [-0.39, 0.29) is 23.7 Å². The molecular weight excluding hydrogens is 370 g/mol. The summed E-state index contributed by atoms with van der Waals surface area (Å²) in [6, 6.07) is -0.487. The van der Waals surface area contributed by atoms with E-state index in [2.05, 4.69) is 5.32 Å². The van der Waals surface area contributed by atoms with E-state index in [4.69, 9.17) is 4.74 Å². The maximum atomic E-state index is 13.0. The molecule has 3 rings (SSSR count). The third-order valence-electron chi connectivity index (χ3n) is 6.26. The molecule has 2 atom stereocenters. The van der Waals surface area contributed by atoms with Gasteiger partial charge >= 0.3 is 6.09 Å². The second-order valence-corrected chi connectivity index (χ2v) is 9.86. The van der Waals surface area contributed by atoms with Crippen molar-refractivity contribution in [3.8, 4) is 0 Å². The fourth-order valence-electron chi connectivity index (χ4n) is 4.73. The Bertz CT molecular complexity index is 604. The van der Waals surface area contributed by atoms with Crippen LogP contribution < -0.4 is 5.32 Å². The largest absolute Gasteiger partial charge is 0.444 e. The molecule has 1 saturated carbocycles. The molecule has 0 spiro atoms. The third kappa shape index (κ3) is 5.86. The molecule has 3 aliphatic rings. The predicted molar refractivity (Wildman–Crippen MR) is 110 cm³/mol. The lowest BCUT2D eigenvalue weighted by molar-refractivity contribution is -0.134. The minimum atomic E-state index is -0.606. The second-order valence-electron chi connectivity index (χ2n) is 9.86. The van der Waals surface area contributed by atoms with Crippen molar-refractivity contribution in [1.29, 1.82) is 0 Å². The highest BCUT2D eigenvalue weighted by Crippen LogP contribution is 2.28. The summed E-state index contributed by atoms with van der Waals surface area (Å²) in [5, 5.41) is 3.09. The first-order valence-corrected chi connectivity index (χ1v) is 11.3. The first-order valence-electron chi connectivity index (χ1n) is 11.3. The molecule has 2 heterocycles. The monoisotopic (exact) mass is 407 g/mol. The quantitative estimate of drug-likeness (QED) is 0.777. The van der Waals surface area contributed by atoms with Crippen LogP contribution in [0.2, 0.25) is 0 Å². The van der Waals surface area contributed by atoms with Crippen LogP contribution in [-0.2, 0) is 14.3 Å². The molecule has 2 aliphatic heterocycles. The van der Waals surface area contributed by atoms with Gasteiger partial charge in [-0.1, -0.05) is 19.3 Å². The van der Waals surface area contributed by atoms with Crippen LogP contribution in [0.4, 0.5) is 4.79 Å². The van der Waals surface area contributed by atoms with Gasteiger partial charge in [0.15, 0.2) is 0 Å². The molecule has 29 heavy (non-hydrogen) atoms. The molecule has 2 saturated heterocycles. The zero-order chi connectivity index (χ0) is 21.0. The van der Waals surface area contributed by atoms with E-state index in [9.17, 15) is 14.4 Å². The number of carbonyl (C=O) groups excluding carboxylic acids is 3. The summed E-state index contributed by atoms with van der Waals surface area (Å²) >= 11 is 0. The minimum Gasteiger partial charge on any atom is -0.444 e. The van der Waals surface area contributed by atoms with Gasteiger partial charge in [0.25, 0.3) is 0 Å². The number of hydrogen-bond acceptors (Lipinski definition) is 4. The molecule has 1 aliphatic carbocycles. The van der Waals surface area contributed by atoms with Crippen molar-refractivity contribution in [3.63, 3.8) is 0 Å². The fraction of sp³-hybridized carbons (Fsp3) is 0.864. The van der Waals surface area contributed by atoms with Crippen molar-refractivity contribution < 1.29 is 19.1 Å². The predicted octanol–water partition coefficient (Wildman–Crippen LogP) is 2.93. The summed E-state index contributed by atoms with van der Waals surface area (Å²) in [4.78, 5) is 41.8. The second kappa shape index (κ2) is 9.35. The lowest BCUT2D eigenvalue weighted by Crippen LogP contribution is -2.48. The van der Waals surface area contributed by atoms with Crippen molar-refractivity contribution >= 4 is 17.9 Å². The molecule has 7 heteroatoms. The van der Waals surface area contributed by atoms with Crippen LogP contribution in [0.3, 0.4) is 0 Å². The number of rotatable bonds is 4. The zero-order valence-corrected chi connectivity index (χ0v) is 18.2. The van der Waals surface area contributed by atoms with Gasteiger partial charge in [0.1, 0.15) is 11.6 Å². The molecule has 7 nitrogen and oxygen atoms in total. The first kappa shape index (κ1) is 21.9. The molecule has 164 valence electrons. The van der Waals surface area contributed by atoms with Crippen molar-refractivity contribution in [2.75, 3.05) is 26.2 Å². The van der Waals surface area contributed by atoms with Gasteiger partial charge < -0.3 is 15.0 Å². The minimum absolute atomic E-state index is 0.0227. The molecule has 0 bridgehead atoms. The molecule has 0 aromatic heterocycles. The lowest BCUT2D eigenvalue weighted by atomic mass is 9.88. The van der Waals surface area contributed by atoms with Crippen molar-refractivity contribution in [2.45, 2.75) is 83.8 Å². The number of amides is 3. The van der Waals surface area contributed by atoms with Gasteiger partial charge in [0.05, 0.1) is 0 Å². The van der Waals surface area contributed by atoms with Crippen LogP contribution in [0.25, 0.3) is 0 Å². The van der Waals surface area contributed by atoms with Gasteiger partial charge in [-0.15, -0.1) is 0 Å². The molecule has 0 aromatic carbocycles. The van der Waals surface area contributed by atoms with E-state index in [0.717, 1.165) is 51.6 Å². The van der Waals surface area contributed by atoms with Gasteiger partial charge in [-0.25, -0.2) is 4.79 Å². The van der Waals surface area contributed by atoms with E-state index >= 15 is 0 Å². The van der Waals surface area contributed by atoms with Crippen LogP contribution in [-0.4, -0.2) is 65.5 Å². The van der Waals surface area contributed by atoms with Gasteiger partial charge in [-0.05, 0) is 58.8 Å². The number of nitrogens with one attached hydrogen (secondary N) is 1. The molecule has 0 unspecified atom stereocenters. The van der Waals surface area contributed by atoms with E-state index in [1.54, 1.807) is 4.90 Å². The Morgan fingerprint density at radius 1 is 1.00 bits per heavy atom. The fourth-order valence-corrected chi connectivity index (χ4v) is 4.73. The number of nitrogens with zero attached hydrogens (tertiary/aromatic N) is 2. The standard InChI is InChI=1S/C22H37N3O4/c1-22(2,3)29-21(28)25-15-16(13-18(25)20(27)24-11-7-8-12-24)14-23-19(26)17-9-5-4-6-10-17/h16-18H,4-15H2,1-3H3,(H,23,26)/t16-,18+/m1/s1. The van der Waals surface area contributed by atoms with Crippen LogP contribution >= 0.6 is 0 Å².